The zero-order valence-electron chi connectivity index (χ0n) is 12.9. The number of amides is 1. The largest absolute Gasteiger partial charge is 0.372 e. The maximum atomic E-state index is 11.8. The Morgan fingerprint density at radius 3 is 2.55 bits per heavy atom. The third kappa shape index (κ3) is 4.15. The molecule has 0 aliphatic heterocycles. The molecule has 1 aromatic carbocycles. The Morgan fingerprint density at radius 1 is 1.23 bits per heavy atom. The molecule has 0 aliphatic carbocycles. The van der Waals surface area contributed by atoms with E-state index in [1.165, 1.54) is 11.9 Å². The fourth-order valence-electron chi connectivity index (χ4n) is 2.09. The molecule has 0 radical (unpaired) electrons. The Bertz CT molecular complexity index is 619. The lowest BCUT2D eigenvalue weighted by atomic mass is 10.2. The first kappa shape index (κ1) is 15.7. The summed E-state index contributed by atoms with van der Waals surface area (Å²) in [6, 6.07) is 11.5. The second-order valence-corrected chi connectivity index (χ2v) is 4.70. The van der Waals surface area contributed by atoms with Crippen LogP contribution in [0.5, 0.6) is 0 Å². The molecule has 2 rings (SSSR count). The maximum absolute atomic E-state index is 11.8. The summed E-state index contributed by atoms with van der Waals surface area (Å²) in [6.45, 7) is 6.22. The van der Waals surface area contributed by atoms with Crippen molar-refractivity contribution in [3.8, 4) is 0 Å². The van der Waals surface area contributed by atoms with E-state index in [0.29, 0.717) is 5.56 Å². The van der Waals surface area contributed by atoms with E-state index in [2.05, 4.69) is 46.4 Å². The fraction of sp³-hybridized carbons (Fsp3) is 0.235. The Labute approximate surface area is 130 Å². The number of nitrogens with zero attached hydrogens (tertiary/aromatic N) is 3. The molecule has 0 saturated heterocycles. The number of anilines is 1. The van der Waals surface area contributed by atoms with Crippen molar-refractivity contribution in [3.05, 3.63) is 59.9 Å². The van der Waals surface area contributed by atoms with Crippen LogP contribution in [-0.4, -0.2) is 30.2 Å². The van der Waals surface area contributed by atoms with Gasteiger partial charge in [-0.3, -0.25) is 9.78 Å². The molecule has 2 aromatic rings. The Kier molecular flexibility index (Phi) is 5.65. The molecule has 1 amide bonds. The number of hydrogen-bond donors (Lipinski definition) is 1. The van der Waals surface area contributed by atoms with E-state index >= 15 is 0 Å². The van der Waals surface area contributed by atoms with Gasteiger partial charge in [-0.15, -0.1) is 0 Å². The van der Waals surface area contributed by atoms with Crippen molar-refractivity contribution in [2.75, 3.05) is 18.0 Å². The highest BCUT2D eigenvalue weighted by Gasteiger charge is 2.03. The van der Waals surface area contributed by atoms with Crippen molar-refractivity contribution in [1.82, 2.24) is 10.4 Å². The van der Waals surface area contributed by atoms with E-state index in [-0.39, 0.29) is 5.91 Å². The minimum atomic E-state index is -0.274. The monoisotopic (exact) mass is 296 g/mol. The van der Waals surface area contributed by atoms with Crippen molar-refractivity contribution in [2.45, 2.75) is 13.8 Å². The zero-order chi connectivity index (χ0) is 15.8. The SMILES string of the molecule is CCN(CC)c1ccc(/C=N/NC(=O)c2cccnc2)cc1. The van der Waals surface area contributed by atoms with Crippen molar-refractivity contribution in [3.63, 3.8) is 0 Å². The van der Waals surface area contributed by atoms with Crippen molar-refractivity contribution < 1.29 is 4.79 Å². The number of benzene rings is 1. The van der Waals surface area contributed by atoms with Gasteiger partial charge in [-0.2, -0.15) is 5.10 Å². The van der Waals surface area contributed by atoms with Crippen molar-refractivity contribution in [2.24, 2.45) is 5.10 Å². The molecule has 114 valence electrons. The highest BCUT2D eigenvalue weighted by molar-refractivity contribution is 5.94. The molecule has 0 fully saturated rings. The number of nitrogens with one attached hydrogen (secondary N) is 1. The number of carbonyl (C=O) groups is 1. The summed E-state index contributed by atoms with van der Waals surface area (Å²) in [4.78, 5) is 18.0. The third-order valence-corrected chi connectivity index (χ3v) is 3.33. The molecule has 1 heterocycles. The van der Waals surface area contributed by atoms with Crippen LogP contribution >= 0.6 is 0 Å². The van der Waals surface area contributed by atoms with Gasteiger partial charge >= 0.3 is 0 Å². The van der Waals surface area contributed by atoms with E-state index in [4.69, 9.17) is 0 Å². The number of carbonyl (C=O) groups excluding carboxylic acids is 1. The van der Waals surface area contributed by atoms with Crippen LogP contribution < -0.4 is 10.3 Å². The smallest absolute Gasteiger partial charge is 0.272 e. The third-order valence-electron chi connectivity index (χ3n) is 3.33. The number of pyridine rings is 1. The average Bonchev–Trinajstić information content (AvgIpc) is 2.58. The first-order valence-corrected chi connectivity index (χ1v) is 7.33. The van der Waals surface area contributed by atoms with Gasteiger partial charge < -0.3 is 4.90 Å². The average molecular weight is 296 g/mol. The van der Waals surface area contributed by atoms with Crippen LogP contribution in [0, 0.1) is 0 Å². The fourth-order valence-corrected chi connectivity index (χ4v) is 2.09. The van der Waals surface area contributed by atoms with E-state index in [9.17, 15) is 4.79 Å². The molecule has 0 unspecified atom stereocenters. The van der Waals surface area contributed by atoms with Gasteiger partial charge in [-0.25, -0.2) is 5.43 Å². The number of hydrazone groups is 1. The number of aromatic nitrogens is 1. The summed E-state index contributed by atoms with van der Waals surface area (Å²) >= 11 is 0. The second kappa shape index (κ2) is 7.93. The minimum absolute atomic E-state index is 0.274. The number of hydrogen-bond acceptors (Lipinski definition) is 4. The van der Waals surface area contributed by atoms with Crippen LogP contribution in [-0.2, 0) is 0 Å². The Hall–Kier alpha value is -2.69. The van der Waals surface area contributed by atoms with Gasteiger partial charge in [0, 0.05) is 31.2 Å². The van der Waals surface area contributed by atoms with Gasteiger partial charge in [-0.05, 0) is 43.7 Å². The van der Waals surface area contributed by atoms with Crippen LogP contribution in [0.4, 0.5) is 5.69 Å². The second-order valence-electron chi connectivity index (χ2n) is 4.70. The van der Waals surface area contributed by atoms with Gasteiger partial charge in [-0.1, -0.05) is 12.1 Å². The predicted molar refractivity (Wildman–Crippen MR) is 89.3 cm³/mol. The summed E-state index contributed by atoms with van der Waals surface area (Å²) in [5.74, 6) is -0.274. The predicted octanol–water partition coefficient (Wildman–Crippen LogP) is 2.69. The first-order chi connectivity index (χ1) is 10.7. The zero-order valence-corrected chi connectivity index (χ0v) is 12.9. The van der Waals surface area contributed by atoms with Gasteiger partial charge in [0.2, 0.25) is 0 Å². The molecule has 0 atom stereocenters. The summed E-state index contributed by atoms with van der Waals surface area (Å²) in [6.07, 6.45) is 4.75. The standard InChI is InChI=1S/C17H20N4O/c1-3-21(4-2)16-9-7-14(8-10-16)12-19-20-17(22)15-6-5-11-18-13-15/h5-13H,3-4H2,1-2H3,(H,20,22)/b19-12+. The van der Waals surface area contributed by atoms with Crippen molar-refractivity contribution in [1.29, 1.82) is 0 Å². The highest BCUT2D eigenvalue weighted by atomic mass is 16.2. The molecule has 1 N–H and O–H groups in total. The molecule has 5 nitrogen and oxygen atoms in total. The lowest BCUT2D eigenvalue weighted by molar-refractivity contribution is 0.0955. The molecular formula is C17H20N4O. The van der Waals surface area contributed by atoms with Crippen molar-refractivity contribution >= 4 is 17.8 Å². The number of rotatable bonds is 6. The van der Waals surface area contributed by atoms with Gasteiger partial charge in [0.25, 0.3) is 5.91 Å². The quantitative estimate of drug-likeness (QED) is 0.658. The summed E-state index contributed by atoms with van der Waals surface area (Å²) in [5.41, 5.74) is 5.08. The Balaban J connectivity index is 1.95. The molecule has 0 spiro atoms. The highest BCUT2D eigenvalue weighted by Crippen LogP contribution is 2.13. The van der Waals surface area contributed by atoms with Gasteiger partial charge in [0.15, 0.2) is 0 Å². The summed E-state index contributed by atoms with van der Waals surface area (Å²) in [7, 11) is 0. The molecule has 5 heteroatoms. The maximum Gasteiger partial charge on any atom is 0.272 e. The molecule has 0 aliphatic rings. The topological polar surface area (TPSA) is 57.6 Å². The minimum Gasteiger partial charge on any atom is -0.372 e. The Morgan fingerprint density at radius 2 is 1.95 bits per heavy atom. The van der Waals surface area contributed by atoms with Crippen LogP contribution in [0.1, 0.15) is 29.8 Å². The molecule has 0 saturated carbocycles. The van der Waals surface area contributed by atoms with E-state index in [1.54, 1.807) is 24.5 Å². The lowest BCUT2D eigenvalue weighted by Crippen LogP contribution is -2.21. The van der Waals surface area contributed by atoms with Crippen LogP contribution in [0.3, 0.4) is 0 Å². The lowest BCUT2D eigenvalue weighted by Gasteiger charge is -2.20. The molecular weight excluding hydrogens is 276 g/mol. The van der Waals surface area contributed by atoms with Gasteiger partial charge in [0.05, 0.1) is 11.8 Å². The van der Waals surface area contributed by atoms with Crippen LogP contribution in [0.25, 0.3) is 0 Å². The molecule has 22 heavy (non-hydrogen) atoms. The molecule has 1 aromatic heterocycles. The summed E-state index contributed by atoms with van der Waals surface area (Å²) in [5, 5.41) is 3.97. The van der Waals surface area contributed by atoms with Gasteiger partial charge in [0.1, 0.15) is 0 Å². The molecule has 0 bridgehead atoms. The van der Waals surface area contributed by atoms with E-state index in [1.807, 2.05) is 12.1 Å². The van der Waals surface area contributed by atoms with Crippen LogP contribution in [0.2, 0.25) is 0 Å². The van der Waals surface area contributed by atoms with E-state index in [0.717, 1.165) is 18.7 Å². The summed E-state index contributed by atoms with van der Waals surface area (Å²) < 4.78 is 0. The van der Waals surface area contributed by atoms with Crippen LogP contribution in [0.15, 0.2) is 53.9 Å². The normalized spacial score (nSPS) is 10.6. The van der Waals surface area contributed by atoms with E-state index < -0.39 is 0 Å². The first-order valence-electron chi connectivity index (χ1n) is 7.33.